The number of carbonyl (C=O) groups is 4. The van der Waals surface area contributed by atoms with Gasteiger partial charge in [-0.1, -0.05) is 42.5 Å². The summed E-state index contributed by atoms with van der Waals surface area (Å²) in [7, 11) is 1.51. The Morgan fingerprint density at radius 1 is 0.951 bits per heavy atom. The van der Waals surface area contributed by atoms with Gasteiger partial charge in [0.25, 0.3) is 5.91 Å². The molecule has 1 heterocycles. The van der Waals surface area contributed by atoms with Crippen molar-refractivity contribution >= 4 is 29.3 Å². The molecule has 2 amide bonds. The summed E-state index contributed by atoms with van der Waals surface area (Å²) in [6, 6.07) is 13.6. The fraction of sp³-hybridized carbons (Fsp3) is 0.515. The van der Waals surface area contributed by atoms with Gasteiger partial charge in [0.05, 0.1) is 5.69 Å². The highest BCUT2D eigenvalue weighted by Gasteiger charge is 2.54. The second-order valence-electron chi connectivity index (χ2n) is 12.8. The van der Waals surface area contributed by atoms with Crippen LogP contribution in [-0.2, 0) is 19.1 Å². The number of rotatable bonds is 6. The quantitative estimate of drug-likeness (QED) is 0.521. The van der Waals surface area contributed by atoms with Gasteiger partial charge in [-0.15, -0.1) is 0 Å². The first kappa shape index (κ1) is 27.6. The van der Waals surface area contributed by atoms with Crippen LogP contribution in [0.1, 0.15) is 80.4 Å². The van der Waals surface area contributed by atoms with E-state index in [-0.39, 0.29) is 11.0 Å². The minimum absolute atomic E-state index is 0.135. The molecule has 4 aliphatic carbocycles. The number of anilines is 1. The number of hydrogen-bond acceptors (Lipinski definition) is 5. The van der Waals surface area contributed by atoms with Crippen LogP contribution >= 0.6 is 0 Å². The third-order valence-corrected chi connectivity index (χ3v) is 10.0. The van der Waals surface area contributed by atoms with Crippen LogP contribution < -0.4 is 4.90 Å². The van der Waals surface area contributed by atoms with Crippen molar-refractivity contribution in [2.75, 3.05) is 12.0 Å². The number of hydrogen-bond donors (Lipinski definition) is 1. The molecule has 4 saturated carbocycles. The Hall–Kier alpha value is -3.52. The number of Topliss-reactive ketones (excluding diaryl/α,β-unsaturated/α-hetero) is 1. The van der Waals surface area contributed by atoms with Gasteiger partial charge in [0.2, 0.25) is 5.91 Å². The normalized spacial score (nSPS) is 31.7. The summed E-state index contributed by atoms with van der Waals surface area (Å²) in [6.07, 6.45) is 5.74. The first-order valence-corrected chi connectivity index (χ1v) is 14.7. The van der Waals surface area contributed by atoms with Crippen molar-refractivity contribution in [2.24, 2.45) is 23.2 Å². The summed E-state index contributed by atoms with van der Waals surface area (Å²) >= 11 is 0. The molecule has 41 heavy (non-hydrogen) atoms. The standard InChI is InChI=1S/C33H38N2O6/c1-20(36)34-27(32(39)40)15-29(37)25-10-6-7-11-26(25)35(31(41-2)24-8-4-3-5-9-24)30(38)28(34)19-33-16-21-12-22(17-33)14-23(13-21)18-33/h3-11,21-23,27-28,31H,12-19H2,1-2H3,(H,39,40)/t21?,22?,23?,27-,28+,31?,33?/m0/s1. The molecule has 5 aliphatic rings. The van der Waals surface area contributed by atoms with Crippen LogP contribution in [0.2, 0.25) is 0 Å². The van der Waals surface area contributed by atoms with E-state index in [2.05, 4.69) is 0 Å². The Morgan fingerprint density at radius 3 is 2.10 bits per heavy atom. The van der Waals surface area contributed by atoms with E-state index in [0.717, 1.165) is 19.3 Å². The number of para-hydroxylation sites is 1. The molecule has 216 valence electrons. The number of ether oxygens (including phenoxy) is 1. The van der Waals surface area contributed by atoms with Crippen LogP contribution in [0.4, 0.5) is 5.69 Å². The largest absolute Gasteiger partial charge is 0.480 e. The number of carboxylic acid groups (broad SMARTS) is 1. The molecular weight excluding hydrogens is 520 g/mol. The van der Waals surface area contributed by atoms with Gasteiger partial charge in [-0.05, 0) is 80.2 Å². The van der Waals surface area contributed by atoms with Crippen molar-refractivity contribution in [3.05, 3.63) is 65.7 Å². The molecule has 0 aromatic heterocycles. The summed E-state index contributed by atoms with van der Waals surface area (Å²) in [5.41, 5.74) is 1.18. The fourth-order valence-electron chi connectivity index (χ4n) is 8.95. The number of carboxylic acids is 1. The molecule has 2 aromatic carbocycles. The lowest BCUT2D eigenvalue weighted by Gasteiger charge is -2.58. The Kier molecular flexibility index (Phi) is 7.22. The second-order valence-corrected chi connectivity index (χ2v) is 12.8. The molecule has 7 rings (SSSR count). The molecule has 8 nitrogen and oxygen atoms in total. The lowest BCUT2D eigenvalue weighted by atomic mass is 9.48. The Morgan fingerprint density at radius 2 is 1.54 bits per heavy atom. The highest BCUT2D eigenvalue weighted by Crippen LogP contribution is 2.62. The predicted molar refractivity (Wildman–Crippen MR) is 152 cm³/mol. The third kappa shape index (κ3) is 4.96. The van der Waals surface area contributed by atoms with Gasteiger partial charge >= 0.3 is 5.97 Å². The van der Waals surface area contributed by atoms with E-state index in [0.29, 0.717) is 35.4 Å². The van der Waals surface area contributed by atoms with Crippen molar-refractivity contribution in [1.82, 2.24) is 4.90 Å². The summed E-state index contributed by atoms with van der Waals surface area (Å²) in [5.74, 6) is -0.813. The van der Waals surface area contributed by atoms with E-state index >= 15 is 4.79 Å². The maximum Gasteiger partial charge on any atom is 0.326 e. The van der Waals surface area contributed by atoms with Crippen LogP contribution in [-0.4, -0.2) is 52.8 Å². The first-order chi connectivity index (χ1) is 19.7. The van der Waals surface area contributed by atoms with E-state index in [1.165, 1.54) is 43.1 Å². The monoisotopic (exact) mass is 558 g/mol. The number of ketones is 1. The lowest BCUT2D eigenvalue weighted by Crippen LogP contribution is -2.59. The summed E-state index contributed by atoms with van der Waals surface area (Å²) < 4.78 is 5.96. The second kappa shape index (κ2) is 10.7. The van der Waals surface area contributed by atoms with Crippen LogP contribution in [0.25, 0.3) is 0 Å². The molecule has 0 saturated heterocycles. The summed E-state index contributed by atoms with van der Waals surface area (Å²) in [5, 5.41) is 10.4. The Labute approximate surface area is 240 Å². The summed E-state index contributed by atoms with van der Waals surface area (Å²) in [4.78, 5) is 57.6. The van der Waals surface area contributed by atoms with Crippen LogP contribution in [0.5, 0.6) is 0 Å². The number of carbonyl (C=O) groups excluding carboxylic acids is 3. The maximum absolute atomic E-state index is 15.0. The zero-order valence-corrected chi connectivity index (χ0v) is 23.7. The minimum Gasteiger partial charge on any atom is -0.480 e. The van der Waals surface area contributed by atoms with E-state index in [1.807, 2.05) is 30.3 Å². The molecule has 0 spiro atoms. The van der Waals surface area contributed by atoms with Crippen LogP contribution in [0.3, 0.4) is 0 Å². The van der Waals surface area contributed by atoms with Crippen molar-refractivity contribution in [3.63, 3.8) is 0 Å². The topological polar surface area (TPSA) is 104 Å². The maximum atomic E-state index is 15.0. The van der Waals surface area contributed by atoms with Crippen molar-refractivity contribution < 1.29 is 29.0 Å². The zero-order chi connectivity index (χ0) is 28.9. The van der Waals surface area contributed by atoms with Gasteiger partial charge in [0.1, 0.15) is 12.1 Å². The van der Waals surface area contributed by atoms with Crippen LogP contribution in [0, 0.1) is 23.2 Å². The summed E-state index contributed by atoms with van der Waals surface area (Å²) in [6.45, 7) is 1.31. The Bertz CT molecular complexity index is 1320. The number of aliphatic carboxylic acids is 1. The molecule has 8 heteroatoms. The minimum atomic E-state index is -1.45. The number of methoxy groups -OCH3 is 1. The van der Waals surface area contributed by atoms with Crippen molar-refractivity contribution in [2.45, 2.75) is 76.6 Å². The molecule has 4 fully saturated rings. The van der Waals surface area contributed by atoms with E-state index in [4.69, 9.17) is 4.74 Å². The number of benzene rings is 2. The third-order valence-electron chi connectivity index (χ3n) is 10.0. The van der Waals surface area contributed by atoms with Gasteiger partial charge in [-0.25, -0.2) is 4.79 Å². The van der Waals surface area contributed by atoms with Gasteiger partial charge in [0.15, 0.2) is 12.0 Å². The average molecular weight is 559 g/mol. The van der Waals surface area contributed by atoms with Gasteiger partial charge in [-0.3, -0.25) is 19.3 Å². The smallest absolute Gasteiger partial charge is 0.326 e. The highest BCUT2D eigenvalue weighted by atomic mass is 16.5. The van der Waals surface area contributed by atoms with E-state index < -0.39 is 48.3 Å². The van der Waals surface area contributed by atoms with Gasteiger partial charge in [-0.2, -0.15) is 0 Å². The van der Waals surface area contributed by atoms with Crippen molar-refractivity contribution in [1.29, 1.82) is 0 Å². The van der Waals surface area contributed by atoms with Gasteiger partial charge < -0.3 is 14.7 Å². The highest BCUT2D eigenvalue weighted by molar-refractivity contribution is 6.10. The SMILES string of the molecule is COC(c1ccccc1)N1C(=O)[C@@H](CC23CC4CC(CC(C4)C2)C3)N(C(C)=O)[C@H](C(=O)O)CC(=O)c2ccccc21. The lowest BCUT2D eigenvalue weighted by molar-refractivity contribution is -0.156. The molecule has 1 unspecified atom stereocenters. The number of fused-ring (bicyclic) bond motifs is 1. The number of amides is 2. The first-order valence-electron chi connectivity index (χ1n) is 14.7. The average Bonchev–Trinajstić information content (AvgIpc) is 2.97. The Balaban J connectivity index is 1.53. The fourth-order valence-corrected chi connectivity index (χ4v) is 8.95. The predicted octanol–water partition coefficient (Wildman–Crippen LogP) is 5.23. The van der Waals surface area contributed by atoms with E-state index in [9.17, 15) is 19.5 Å². The molecule has 4 bridgehead atoms. The molecule has 0 radical (unpaired) electrons. The molecule has 2 aromatic rings. The zero-order valence-electron chi connectivity index (χ0n) is 23.7. The van der Waals surface area contributed by atoms with E-state index in [1.54, 1.807) is 24.3 Å². The number of nitrogens with zero attached hydrogens (tertiary/aromatic N) is 2. The molecule has 3 atom stereocenters. The van der Waals surface area contributed by atoms with Crippen LogP contribution in [0.15, 0.2) is 54.6 Å². The van der Waals surface area contributed by atoms with Crippen molar-refractivity contribution in [3.8, 4) is 0 Å². The molecule has 1 aliphatic heterocycles. The molecule has 1 N–H and O–H groups in total. The van der Waals surface area contributed by atoms with Gasteiger partial charge in [0, 0.05) is 31.6 Å². The molecular formula is C33H38N2O6.